The van der Waals surface area contributed by atoms with Gasteiger partial charge in [-0.2, -0.15) is 0 Å². The third-order valence-corrected chi connectivity index (χ3v) is 6.71. The minimum Gasteiger partial charge on any atom is -0.455 e. The van der Waals surface area contributed by atoms with Crippen LogP contribution < -0.4 is 0 Å². The molecule has 0 aromatic carbocycles. The molecule has 7 nitrogen and oxygen atoms in total. The molecule has 0 radical (unpaired) electrons. The van der Waals surface area contributed by atoms with E-state index in [-0.39, 0.29) is 6.10 Å². The van der Waals surface area contributed by atoms with Crippen molar-refractivity contribution in [2.24, 2.45) is 5.92 Å². The molecule has 172 valence electrons. The third kappa shape index (κ3) is 5.03. The van der Waals surface area contributed by atoms with Crippen LogP contribution in [0.15, 0.2) is 22.8 Å². The monoisotopic (exact) mass is 434 g/mol. The van der Waals surface area contributed by atoms with E-state index in [0.717, 1.165) is 24.8 Å². The highest BCUT2D eigenvalue weighted by Gasteiger charge is 2.53. The van der Waals surface area contributed by atoms with Crippen molar-refractivity contribution in [1.29, 1.82) is 0 Å². The second-order valence-electron chi connectivity index (χ2n) is 9.35. The van der Waals surface area contributed by atoms with Crippen LogP contribution >= 0.6 is 0 Å². The molecule has 7 heteroatoms. The Labute approximate surface area is 184 Å². The number of hydrogen-bond donors (Lipinski definition) is 0. The van der Waals surface area contributed by atoms with Gasteiger partial charge in [0.05, 0.1) is 6.10 Å². The number of allylic oxidation sites excluding steroid dienone is 1. The first-order valence-electron chi connectivity index (χ1n) is 11.1. The topological polar surface area (TPSA) is 88.1 Å². The Morgan fingerprint density at radius 3 is 2.45 bits per heavy atom. The lowest BCUT2D eigenvalue weighted by molar-refractivity contribution is -0.192. The van der Waals surface area contributed by atoms with E-state index in [2.05, 4.69) is 13.0 Å². The van der Waals surface area contributed by atoms with Gasteiger partial charge in [-0.05, 0) is 52.4 Å². The van der Waals surface area contributed by atoms with Crippen molar-refractivity contribution in [3.05, 3.63) is 22.8 Å². The molecule has 6 atom stereocenters. The number of carbonyl (C=O) groups excluding carboxylic acids is 3. The fourth-order valence-electron chi connectivity index (χ4n) is 5.00. The van der Waals surface area contributed by atoms with Crippen LogP contribution in [0.1, 0.15) is 73.6 Å². The summed E-state index contributed by atoms with van der Waals surface area (Å²) in [7, 11) is 0. The first-order chi connectivity index (χ1) is 14.5. The summed E-state index contributed by atoms with van der Waals surface area (Å²) in [6.45, 7) is 10.4. The fraction of sp³-hybridized carbons (Fsp3) is 0.708. The Morgan fingerprint density at radius 1 is 1.13 bits per heavy atom. The van der Waals surface area contributed by atoms with Crippen LogP contribution in [0.3, 0.4) is 0 Å². The Kier molecular flexibility index (Phi) is 6.94. The first-order valence-corrected chi connectivity index (χ1v) is 11.1. The van der Waals surface area contributed by atoms with Crippen molar-refractivity contribution in [2.45, 2.75) is 104 Å². The van der Waals surface area contributed by atoms with Crippen molar-refractivity contribution in [1.82, 2.24) is 0 Å². The average Bonchev–Trinajstić information content (AvgIpc) is 3.18. The van der Waals surface area contributed by atoms with Crippen LogP contribution in [0.25, 0.3) is 0 Å². The van der Waals surface area contributed by atoms with Gasteiger partial charge in [-0.1, -0.05) is 18.6 Å². The van der Waals surface area contributed by atoms with E-state index in [1.165, 1.54) is 13.8 Å². The molecule has 0 aromatic rings. The first kappa shape index (κ1) is 23.5. The SMILES string of the molecule is CC(=O)O[C@@H]1[C@@H](OC(C)=O)C2=C(C)C(=O)O[C@@H]2C/C(C)=C\CC[C@H](C)[C@H]2CC[C@]1(C)O2. The molecule has 1 fully saturated rings. The lowest BCUT2D eigenvalue weighted by Crippen LogP contribution is -2.52. The summed E-state index contributed by atoms with van der Waals surface area (Å²) in [5.41, 5.74) is 1.19. The summed E-state index contributed by atoms with van der Waals surface area (Å²) >= 11 is 0. The van der Waals surface area contributed by atoms with Crippen molar-refractivity contribution in [2.75, 3.05) is 0 Å². The summed E-state index contributed by atoms with van der Waals surface area (Å²) in [5, 5.41) is 0. The summed E-state index contributed by atoms with van der Waals surface area (Å²) in [4.78, 5) is 36.7. The van der Waals surface area contributed by atoms with E-state index < -0.39 is 41.8 Å². The van der Waals surface area contributed by atoms with Crippen molar-refractivity contribution in [3.63, 3.8) is 0 Å². The quantitative estimate of drug-likeness (QED) is 0.371. The van der Waals surface area contributed by atoms with Crippen LogP contribution in [0.4, 0.5) is 0 Å². The Balaban J connectivity index is 2.14. The van der Waals surface area contributed by atoms with Crippen LogP contribution in [0.5, 0.6) is 0 Å². The molecular weight excluding hydrogens is 400 g/mol. The van der Waals surface area contributed by atoms with Gasteiger partial charge in [0.2, 0.25) is 0 Å². The molecule has 0 amide bonds. The lowest BCUT2D eigenvalue weighted by Gasteiger charge is -2.39. The van der Waals surface area contributed by atoms with E-state index in [0.29, 0.717) is 29.9 Å². The van der Waals surface area contributed by atoms with E-state index in [1.54, 1.807) is 6.92 Å². The van der Waals surface area contributed by atoms with E-state index >= 15 is 0 Å². The number of esters is 3. The van der Waals surface area contributed by atoms with Crippen molar-refractivity contribution < 1.29 is 33.3 Å². The number of hydrogen-bond acceptors (Lipinski definition) is 7. The molecule has 3 aliphatic heterocycles. The maximum atomic E-state index is 12.5. The highest BCUT2D eigenvalue weighted by Crippen LogP contribution is 2.43. The van der Waals surface area contributed by atoms with Gasteiger partial charge >= 0.3 is 17.9 Å². The molecule has 3 aliphatic rings. The molecule has 0 unspecified atom stereocenters. The molecule has 1 saturated heterocycles. The van der Waals surface area contributed by atoms with E-state index in [9.17, 15) is 14.4 Å². The Bertz CT molecular complexity index is 811. The second-order valence-corrected chi connectivity index (χ2v) is 9.35. The van der Waals surface area contributed by atoms with Gasteiger partial charge in [0.25, 0.3) is 0 Å². The highest BCUT2D eigenvalue weighted by molar-refractivity contribution is 5.92. The molecule has 0 aromatic heterocycles. The van der Waals surface area contributed by atoms with Crippen LogP contribution in [-0.4, -0.2) is 47.9 Å². The molecule has 0 saturated carbocycles. The van der Waals surface area contributed by atoms with Crippen molar-refractivity contribution in [3.8, 4) is 0 Å². The molecule has 0 spiro atoms. The zero-order valence-corrected chi connectivity index (χ0v) is 19.4. The van der Waals surface area contributed by atoms with Gasteiger partial charge < -0.3 is 18.9 Å². The van der Waals surface area contributed by atoms with Gasteiger partial charge in [-0.3, -0.25) is 9.59 Å². The molecule has 3 heterocycles. The summed E-state index contributed by atoms with van der Waals surface area (Å²) in [5.74, 6) is -1.13. The average molecular weight is 435 g/mol. The number of carbonyl (C=O) groups is 3. The Morgan fingerprint density at radius 2 is 1.81 bits per heavy atom. The molecular formula is C24H34O7. The number of rotatable bonds is 2. The summed E-state index contributed by atoms with van der Waals surface area (Å²) in [6, 6.07) is 0. The smallest absolute Gasteiger partial charge is 0.334 e. The molecule has 2 bridgehead atoms. The molecule has 0 aliphatic carbocycles. The predicted octanol–water partition coefficient (Wildman–Crippen LogP) is 3.80. The van der Waals surface area contributed by atoms with Crippen LogP contribution in [-0.2, 0) is 33.3 Å². The standard InChI is InChI=1S/C24H34O7/c1-13-8-7-9-14(2)18-10-11-24(6,31-18)22(29-17(5)26)21(28-16(4)25)20-15(3)23(27)30-19(20)12-13/h8,14,18-19,21-22H,7,9-12H2,1-6H3/b13-8-/t14-,18+,19+,21-,22+,24-/m0/s1. The molecule has 3 rings (SSSR count). The van der Waals surface area contributed by atoms with E-state index in [1.807, 2.05) is 13.8 Å². The third-order valence-electron chi connectivity index (χ3n) is 6.71. The zero-order valence-electron chi connectivity index (χ0n) is 19.4. The zero-order chi connectivity index (χ0) is 22.9. The van der Waals surface area contributed by atoms with Gasteiger partial charge in [-0.25, -0.2) is 4.79 Å². The number of fused-ring (bicyclic) bond motifs is 3. The maximum absolute atomic E-state index is 12.5. The minimum absolute atomic E-state index is 0.0165. The Hall–Kier alpha value is -2.15. The molecule has 31 heavy (non-hydrogen) atoms. The van der Waals surface area contributed by atoms with Crippen LogP contribution in [0.2, 0.25) is 0 Å². The summed E-state index contributed by atoms with van der Waals surface area (Å²) in [6.07, 6.45) is 3.60. The highest BCUT2D eigenvalue weighted by atomic mass is 16.6. The van der Waals surface area contributed by atoms with Gasteiger partial charge in [0.1, 0.15) is 11.7 Å². The van der Waals surface area contributed by atoms with Gasteiger partial charge in [-0.15, -0.1) is 0 Å². The van der Waals surface area contributed by atoms with E-state index in [4.69, 9.17) is 18.9 Å². The van der Waals surface area contributed by atoms with Gasteiger partial charge in [0.15, 0.2) is 12.2 Å². The second kappa shape index (κ2) is 9.15. The normalized spacial score (nSPS) is 38.1. The molecule has 0 N–H and O–H groups in total. The minimum atomic E-state index is -0.967. The summed E-state index contributed by atoms with van der Waals surface area (Å²) < 4.78 is 23.7. The van der Waals surface area contributed by atoms with Crippen molar-refractivity contribution >= 4 is 17.9 Å². The predicted molar refractivity (Wildman–Crippen MR) is 113 cm³/mol. The lowest BCUT2D eigenvalue weighted by atomic mass is 9.83. The number of ether oxygens (including phenoxy) is 4. The van der Waals surface area contributed by atoms with Crippen LogP contribution in [0, 0.1) is 5.92 Å². The van der Waals surface area contributed by atoms with Gasteiger partial charge in [0, 0.05) is 31.4 Å². The maximum Gasteiger partial charge on any atom is 0.334 e. The largest absolute Gasteiger partial charge is 0.455 e. The fourth-order valence-corrected chi connectivity index (χ4v) is 5.00.